The van der Waals surface area contributed by atoms with Gasteiger partial charge in [0.25, 0.3) is 0 Å². The molecule has 0 saturated carbocycles. The number of aliphatic hydroxyl groups is 1. The van der Waals surface area contributed by atoms with Crippen LogP contribution in [0.2, 0.25) is 0 Å². The van der Waals surface area contributed by atoms with Crippen molar-refractivity contribution in [2.75, 3.05) is 40.3 Å². The van der Waals surface area contributed by atoms with Crippen LogP contribution in [0.25, 0.3) is 0 Å². The minimum Gasteiger partial charge on any atom is -0.387 e. The first kappa shape index (κ1) is 11.0. The van der Waals surface area contributed by atoms with Crippen LogP contribution in [0.5, 0.6) is 0 Å². The van der Waals surface area contributed by atoms with Crippen LogP contribution in [0.1, 0.15) is 19.8 Å². The van der Waals surface area contributed by atoms with Crippen LogP contribution in [0.15, 0.2) is 0 Å². The van der Waals surface area contributed by atoms with E-state index >= 15 is 0 Å². The monoisotopic (exact) mass is 186 g/mol. The van der Waals surface area contributed by atoms with Crippen molar-refractivity contribution in [1.29, 1.82) is 0 Å². The van der Waals surface area contributed by atoms with Gasteiger partial charge in [-0.1, -0.05) is 6.92 Å². The predicted molar refractivity (Wildman–Crippen MR) is 54.9 cm³/mol. The maximum atomic E-state index is 9.75. The van der Waals surface area contributed by atoms with Crippen LogP contribution >= 0.6 is 0 Å². The van der Waals surface area contributed by atoms with E-state index in [4.69, 9.17) is 0 Å². The first-order chi connectivity index (χ1) is 6.06. The molecule has 0 aromatic rings. The molecule has 3 nitrogen and oxygen atoms in total. The highest BCUT2D eigenvalue weighted by Crippen LogP contribution is 2.23. The van der Waals surface area contributed by atoms with Crippen LogP contribution in [0.4, 0.5) is 0 Å². The fourth-order valence-electron chi connectivity index (χ4n) is 1.78. The summed E-state index contributed by atoms with van der Waals surface area (Å²) in [5, 5.41) is 9.75. The van der Waals surface area contributed by atoms with Gasteiger partial charge in [-0.15, -0.1) is 0 Å². The van der Waals surface area contributed by atoms with Gasteiger partial charge in [-0.2, -0.15) is 0 Å². The lowest BCUT2D eigenvalue weighted by Crippen LogP contribution is -2.61. The molecule has 0 amide bonds. The number of hydrogen-bond donors (Lipinski definition) is 1. The third-order valence-corrected chi connectivity index (χ3v) is 2.77. The zero-order valence-electron chi connectivity index (χ0n) is 9.08. The van der Waals surface area contributed by atoms with Gasteiger partial charge in [0.15, 0.2) is 0 Å². The summed E-state index contributed by atoms with van der Waals surface area (Å²) in [6.07, 6.45) is 2.09. The maximum absolute atomic E-state index is 9.75. The predicted octanol–water partition coefficient (Wildman–Crippen LogP) is 0.395. The Morgan fingerprint density at radius 2 is 2.00 bits per heavy atom. The summed E-state index contributed by atoms with van der Waals surface area (Å²) in [5.74, 6) is 0. The highest BCUT2D eigenvalue weighted by atomic mass is 16.3. The summed E-state index contributed by atoms with van der Waals surface area (Å²) in [5.41, 5.74) is -0.363. The topological polar surface area (TPSA) is 26.7 Å². The molecule has 1 heterocycles. The van der Waals surface area contributed by atoms with Gasteiger partial charge in [0.05, 0.1) is 5.60 Å². The average Bonchev–Trinajstić information content (AvgIpc) is 2.00. The fourth-order valence-corrected chi connectivity index (χ4v) is 1.78. The molecule has 0 bridgehead atoms. The van der Waals surface area contributed by atoms with Gasteiger partial charge in [0.2, 0.25) is 0 Å². The molecule has 1 saturated heterocycles. The number of β-amino-alcohol motifs (C(OH)–C–C–N with tert-alkyl or cyclic N) is 1. The first-order valence-electron chi connectivity index (χ1n) is 5.15. The highest BCUT2D eigenvalue weighted by Gasteiger charge is 2.38. The molecular formula is C10H22N2O. The van der Waals surface area contributed by atoms with Crippen molar-refractivity contribution in [2.45, 2.75) is 25.4 Å². The molecule has 1 fully saturated rings. The van der Waals surface area contributed by atoms with Crippen molar-refractivity contribution >= 4 is 0 Å². The third-order valence-electron chi connectivity index (χ3n) is 2.77. The molecule has 0 spiro atoms. The Morgan fingerprint density at radius 1 is 1.38 bits per heavy atom. The second kappa shape index (κ2) is 4.40. The second-order valence-electron chi connectivity index (χ2n) is 4.45. The van der Waals surface area contributed by atoms with E-state index in [1.165, 1.54) is 6.42 Å². The molecule has 1 aliphatic rings. The van der Waals surface area contributed by atoms with Gasteiger partial charge in [-0.05, 0) is 40.0 Å². The van der Waals surface area contributed by atoms with Crippen LogP contribution in [0, 0.1) is 0 Å². The quantitative estimate of drug-likeness (QED) is 0.673. The van der Waals surface area contributed by atoms with Gasteiger partial charge >= 0.3 is 0 Å². The van der Waals surface area contributed by atoms with E-state index in [0.717, 1.165) is 32.6 Å². The smallest absolute Gasteiger partial charge is 0.0897 e. The van der Waals surface area contributed by atoms with Gasteiger partial charge < -0.3 is 10.0 Å². The van der Waals surface area contributed by atoms with Crippen molar-refractivity contribution in [3.8, 4) is 0 Å². The fraction of sp³-hybridized carbons (Fsp3) is 1.00. The summed E-state index contributed by atoms with van der Waals surface area (Å²) >= 11 is 0. The molecule has 1 rings (SSSR count). The normalized spacial score (nSPS) is 21.9. The van der Waals surface area contributed by atoms with Crippen LogP contribution in [0.3, 0.4) is 0 Å². The molecule has 1 N–H and O–H groups in total. The zero-order valence-corrected chi connectivity index (χ0v) is 9.08. The summed E-state index contributed by atoms with van der Waals surface area (Å²) in [7, 11) is 4.19. The minimum absolute atomic E-state index is 0.363. The number of likely N-dealkylation sites (tertiary alicyclic amines) is 1. The van der Waals surface area contributed by atoms with Crippen molar-refractivity contribution in [3.05, 3.63) is 0 Å². The molecule has 0 radical (unpaired) electrons. The largest absolute Gasteiger partial charge is 0.387 e. The van der Waals surface area contributed by atoms with Crippen molar-refractivity contribution < 1.29 is 5.11 Å². The van der Waals surface area contributed by atoms with Crippen LogP contribution < -0.4 is 0 Å². The molecule has 0 unspecified atom stereocenters. The van der Waals surface area contributed by atoms with E-state index in [0.29, 0.717) is 0 Å². The molecule has 0 aromatic carbocycles. The van der Waals surface area contributed by atoms with Crippen LogP contribution in [-0.4, -0.2) is 60.8 Å². The summed E-state index contributed by atoms with van der Waals surface area (Å²) in [4.78, 5) is 4.53. The second-order valence-corrected chi connectivity index (χ2v) is 4.45. The summed E-state index contributed by atoms with van der Waals surface area (Å²) in [6, 6.07) is 0. The number of nitrogens with zero attached hydrogens (tertiary/aromatic N) is 2. The Morgan fingerprint density at radius 3 is 2.46 bits per heavy atom. The molecule has 0 aliphatic carbocycles. The third kappa shape index (κ3) is 3.25. The van der Waals surface area contributed by atoms with Gasteiger partial charge in [-0.25, -0.2) is 0 Å². The summed E-state index contributed by atoms with van der Waals surface area (Å²) in [6.45, 7) is 6.06. The lowest BCUT2D eigenvalue weighted by atomic mass is 9.91. The Labute approximate surface area is 81.3 Å². The highest BCUT2D eigenvalue weighted by molar-refractivity contribution is 4.93. The standard InChI is InChI=1S/C10H22N2O/c1-4-10(13)8-12(9-10)7-5-6-11(2)3/h13H,4-9H2,1-3H3. The van der Waals surface area contributed by atoms with Crippen LogP contribution in [-0.2, 0) is 0 Å². The Balaban J connectivity index is 2.02. The Bertz CT molecular complexity index is 153. The SMILES string of the molecule is CCC1(O)CN(CCCN(C)C)C1. The molecule has 1 aliphatic heterocycles. The molecule has 0 atom stereocenters. The number of hydrogen-bond acceptors (Lipinski definition) is 3. The molecular weight excluding hydrogens is 164 g/mol. The van der Waals surface area contributed by atoms with Gasteiger partial charge in [0, 0.05) is 13.1 Å². The lowest BCUT2D eigenvalue weighted by molar-refractivity contribution is -0.0996. The number of rotatable bonds is 5. The average molecular weight is 186 g/mol. The van der Waals surface area contributed by atoms with E-state index in [1.807, 2.05) is 0 Å². The van der Waals surface area contributed by atoms with Gasteiger partial charge in [-0.3, -0.25) is 4.90 Å². The molecule has 0 aromatic heterocycles. The van der Waals surface area contributed by atoms with E-state index in [2.05, 4.69) is 30.8 Å². The van der Waals surface area contributed by atoms with Crippen molar-refractivity contribution in [3.63, 3.8) is 0 Å². The van der Waals surface area contributed by atoms with Gasteiger partial charge in [0.1, 0.15) is 0 Å². The summed E-state index contributed by atoms with van der Waals surface area (Å²) < 4.78 is 0. The molecule has 3 heteroatoms. The minimum atomic E-state index is -0.363. The first-order valence-corrected chi connectivity index (χ1v) is 5.15. The van der Waals surface area contributed by atoms with E-state index in [9.17, 15) is 5.11 Å². The maximum Gasteiger partial charge on any atom is 0.0897 e. The lowest BCUT2D eigenvalue weighted by Gasteiger charge is -2.46. The van der Waals surface area contributed by atoms with E-state index < -0.39 is 0 Å². The van der Waals surface area contributed by atoms with Crippen molar-refractivity contribution in [2.24, 2.45) is 0 Å². The molecule has 78 valence electrons. The van der Waals surface area contributed by atoms with E-state index in [-0.39, 0.29) is 5.60 Å². The van der Waals surface area contributed by atoms with E-state index in [1.54, 1.807) is 0 Å². The Kier molecular flexibility index (Phi) is 3.71. The Hall–Kier alpha value is -0.120. The zero-order chi connectivity index (χ0) is 9.90. The van der Waals surface area contributed by atoms with Crippen molar-refractivity contribution in [1.82, 2.24) is 9.80 Å². The molecule has 13 heavy (non-hydrogen) atoms.